The molecule has 4 rings (SSSR count). The summed E-state index contributed by atoms with van der Waals surface area (Å²) in [6.45, 7) is -1.46. The fourth-order valence-electron chi connectivity index (χ4n) is 2.91. The van der Waals surface area contributed by atoms with Gasteiger partial charge in [-0.3, -0.25) is 0 Å². The molecule has 3 heterocycles. The fourth-order valence-corrected chi connectivity index (χ4v) is 2.91. The van der Waals surface area contributed by atoms with Crippen LogP contribution in [0.5, 0.6) is 5.88 Å². The highest BCUT2D eigenvalue weighted by molar-refractivity contribution is 5.89. The number of methoxy groups -OCH3 is 1. The number of alkyl halides is 3. The van der Waals surface area contributed by atoms with Gasteiger partial charge in [-0.15, -0.1) is 0 Å². The maximum atomic E-state index is 12.3. The van der Waals surface area contributed by atoms with E-state index < -0.39 is 18.8 Å². The Morgan fingerprint density at radius 1 is 1.09 bits per heavy atom. The summed E-state index contributed by atoms with van der Waals surface area (Å²) in [5, 5.41) is 3.83. The highest BCUT2D eigenvalue weighted by atomic mass is 19.4. The van der Waals surface area contributed by atoms with E-state index in [9.17, 15) is 18.0 Å². The summed E-state index contributed by atoms with van der Waals surface area (Å²) >= 11 is 0. The molecule has 0 spiro atoms. The molecule has 35 heavy (non-hydrogen) atoms. The van der Waals surface area contributed by atoms with Gasteiger partial charge in [0.05, 0.1) is 18.2 Å². The number of rotatable bonds is 7. The van der Waals surface area contributed by atoms with E-state index in [2.05, 4.69) is 34.8 Å². The number of esters is 1. The van der Waals surface area contributed by atoms with E-state index in [-0.39, 0.29) is 35.8 Å². The van der Waals surface area contributed by atoms with Crippen LogP contribution < -0.4 is 10.5 Å². The number of hydrogen-bond acceptors (Lipinski definition) is 11. The molecule has 0 aliphatic carbocycles. The summed E-state index contributed by atoms with van der Waals surface area (Å²) in [5.41, 5.74) is 7.26. The Bertz CT molecular complexity index is 1340. The number of carbonyl (C=O) groups is 1. The minimum atomic E-state index is -4.48. The Balaban J connectivity index is 1.52. The van der Waals surface area contributed by atoms with Crippen molar-refractivity contribution in [1.29, 1.82) is 0 Å². The number of hydrogen-bond donors (Lipinski definition) is 1. The average molecular weight is 487 g/mol. The van der Waals surface area contributed by atoms with Crippen LogP contribution in [0.1, 0.15) is 21.7 Å². The van der Waals surface area contributed by atoms with Gasteiger partial charge in [-0.25, -0.2) is 14.8 Å². The predicted octanol–water partition coefficient (Wildman–Crippen LogP) is 2.88. The van der Waals surface area contributed by atoms with Crippen molar-refractivity contribution in [3.8, 4) is 29.0 Å². The van der Waals surface area contributed by atoms with Crippen LogP contribution in [-0.4, -0.2) is 55.9 Å². The van der Waals surface area contributed by atoms with Gasteiger partial charge in [0.15, 0.2) is 6.61 Å². The molecule has 180 valence electrons. The van der Waals surface area contributed by atoms with Crippen molar-refractivity contribution < 1.29 is 32.0 Å². The third kappa shape index (κ3) is 6.04. The summed E-state index contributed by atoms with van der Waals surface area (Å²) in [7, 11) is 1.29. The molecule has 4 aromatic rings. The zero-order chi connectivity index (χ0) is 25.0. The van der Waals surface area contributed by atoms with Crippen LogP contribution in [-0.2, 0) is 11.2 Å². The fraction of sp³-hybridized carbons (Fsp3) is 0.190. The van der Waals surface area contributed by atoms with Gasteiger partial charge in [0.2, 0.25) is 23.5 Å². The Kier molecular flexibility index (Phi) is 6.53. The molecule has 2 N–H and O–H groups in total. The first-order valence-corrected chi connectivity index (χ1v) is 9.88. The Hall–Kier alpha value is -4.62. The second-order valence-electron chi connectivity index (χ2n) is 7.01. The molecule has 1 aromatic carbocycles. The Labute approximate surface area is 195 Å². The summed E-state index contributed by atoms with van der Waals surface area (Å²) in [6.07, 6.45) is -3.01. The first-order chi connectivity index (χ1) is 16.7. The lowest BCUT2D eigenvalue weighted by atomic mass is 10.1. The molecule has 11 nitrogen and oxygen atoms in total. The summed E-state index contributed by atoms with van der Waals surface area (Å²) in [5.74, 6) is -0.377. The molecule has 0 aliphatic rings. The van der Waals surface area contributed by atoms with Gasteiger partial charge in [0, 0.05) is 18.7 Å². The van der Waals surface area contributed by atoms with Gasteiger partial charge in [-0.1, -0.05) is 17.3 Å². The van der Waals surface area contributed by atoms with Gasteiger partial charge in [0.25, 0.3) is 5.89 Å². The van der Waals surface area contributed by atoms with Crippen molar-refractivity contribution in [1.82, 2.24) is 30.1 Å². The van der Waals surface area contributed by atoms with E-state index in [1.807, 2.05) is 0 Å². The van der Waals surface area contributed by atoms with Crippen LogP contribution in [0, 0.1) is 0 Å². The van der Waals surface area contributed by atoms with Crippen LogP contribution in [0.3, 0.4) is 0 Å². The van der Waals surface area contributed by atoms with Crippen LogP contribution >= 0.6 is 0 Å². The minimum Gasteiger partial charge on any atom is -0.468 e. The number of nitrogen functional groups attached to an aromatic ring is 1. The van der Waals surface area contributed by atoms with Crippen molar-refractivity contribution in [2.45, 2.75) is 12.6 Å². The lowest BCUT2D eigenvalue weighted by molar-refractivity contribution is -0.154. The standard InChI is InChI=1S/C21H16F3N7O4/c1-33-19(32)12-4-2-3-11(7-12)8-14-27-16(30-20(25)28-14)17-29-18(35-31-17)13-5-6-15(26-9-13)34-10-21(22,23)24/h2-7,9H,8,10H2,1H3,(H2,25,27,28,30). The van der Waals surface area contributed by atoms with Gasteiger partial charge >= 0.3 is 12.1 Å². The van der Waals surface area contributed by atoms with E-state index in [1.165, 1.54) is 25.4 Å². The number of aromatic nitrogens is 6. The molecular weight excluding hydrogens is 471 g/mol. The summed E-state index contributed by atoms with van der Waals surface area (Å²) < 4.78 is 51.3. The van der Waals surface area contributed by atoms with Crippen molar-refractivity contribution >= 4 is 11.9 Å². The number of anilines is 1. The van der Waals surface area contributed by atoms with Crippen LogP contribution in [0.4, 0.5) is 19.1 Å². The lowest BCUT2D eigenvalue weighted by Crippen LogP contribution is -2.19. The van der Waals surface area contributed by atoms with Gasteiger partial charge in [-0.2, -0.15) is 28.1 Å². The van der Waals surface area contributed by atoms with E-state index >= 15 is 0 Å². The molecule has 0 atom stereocenters. The third-order valence-electron chi connectivity index (χ3n) is 4.40. The number of halogens is 3. The van der Waals surface area contributed by atoms with Crippen molar-refractivity contribution in [2.75, 3.05) is 19.5 Å². The molecule has 0 saturated carbocycles. The molecule has 3 aromatic heterocycles. The smallest absolute Gasteiger partial charge is 0.422 e. The van der Waals surface area contributed by atoms with Crippen LogP contribution in [0.25, 0.3) is 23.1 Å². The molecule has 0 radical (unpaired) electrons. The first kappa shape index (κ1) is 23.5. The molecule has 0 amide bonds. The minimum absolute atomic E-state index is 0.0102. The van der Waals surface area contributed by atoms with Crippen molar-refractivity contribution in [3.05, 3.63) is 59.5 Å². The van der Waals surface area contributed by atoms with E-state index in [4.69, 9.17) is 15.0 Å². The highest BCUT2D eigenvalue weighted by Crippen LogP contribution is 2.23. The summed E-state index contributed by atoms with van der Waals surface area (Å²) in [4.78, 5) is 32.2. The van der Waals surface area contributed by atoms with Gasteiger partial charge in [-0.05, 0) is 23.8 Å². The lowest BCUT2D eigenvalue weighted by Gasteiger charge is -2.07. The van der Waals surface area contributed by atoms with Crippen LogP contribution in [0.15, 0.2) is 47.1 Å². The number of nitrogens with two attached hydrogens (primary N) is 1. The number of carbonyl (C=O) groups excluding carboxylic acids is 1. The summed E-state index contributed by atoms with van der Waals surface area (Å²) in [6, 6.07) is 9.41. The molecule has 14 heteroatoms. The Morgan fingerprint density at radius 2 is 1.91 bits per heavy atom. The maximum absolute atomic E-state index is 12.3. The highest BCUT2D eigenvalue weighted by Gasteiger charge is 2.28. The maximum Gasteiger partial charge on any atom is 0.422 e. The zero-order valence-electron chi connectivity index (χ0n) is 18.0. The normalized spacial score (nSPS) is 11.3. The second kappa shape index (κ2) is 9.70. The largest absolute Gasteiger partial charge is 0.468 e. The Morgan fingerprint density at radius 3 is 2.63 bits per heavy atom. The predicted molar refractivity (Wildman–Crippen MR) is 113 cm³/mol. The first-order valence-electron chi connectivity index (χ1n) is 9.88. The zero-order valence-corrected chi connectivity index (χ0v) is 18.0. The van der Waals surface area contributed by atoms with Crippen LogP contribution in [0.2, 0.25) is 0 Å². The quantitative estimate of drug-likeness (QED) is 0.383. The number of pyridine rings is 1. The number of ether oxygens (including phenoxy) is 2. The number of benzene rings is 1. The molecule has 0 bridgehead atoms. The molecule has 0 aliphatic heterocycles. The van der Waals surface area contributed by atoms with E-state index in [0.717, 1.165) is 5.56 Å². The molecular formula is C21H16F3N7O4. The third-order valence-corrected chi connectivity index (χ3v) is 4.40. The topological polar surface area (TPSA) is 152 Å². The van der Waals surface area contributed by atoms with Gasteiger partial charge in [0.1, 0.15) is 5.82 Å². The van der Waals surface area contributed by atoms with Gasteiger partial charge < -0.3 is 19.7 Å². The van der Waals surface area contributed by atoms with Crippen molar-refractivity contribution in [3.63, 3.8) is 0 Å². The molecule has 0 unspecified atom stereocenters. The van der Waals surface area contributed by atoms with Crippen molar-refractivity contribution in [2.24, 2.45) is 0 Å². The van der Waals surface area contributed by atoms with E-state index in [0.29, 0.717) is 17.0 Å². The number of nitrogens with zero attached hydrogens (tertiary/aromatic N) is 6. The molecule has 0 saturated heterocycles. The SMILES string of the molecule is COC(=O)c1cccc(Cc2nc(N)nc(-c3noc(-c4ccc(OCC(F)(F)F)nc4)n3)n2)c1. The van der Waals surface area contributed by atoms with E-state index in [1.54, 1.807) is 24.3 Å². The second-order valence-corrected chi connectivity index (χ2v) is 7.01. The molecule has 0 fully saturated rings. The average Bonchev–Trinajstić information content (AvgIpc) is 3.32. The monoisotopic (exact) mass is 487 g/mol.